The molecule has 1 aromatic rings. The van der Waals surface area contributed by atoms with Gasteiger partial charge in [-0.05, 0) is 18.1 Å². The molecule has 24 heavy (non-hydrogen) atoms. The lowest BCUT2D eigenvalue weighted by Gasteiger charge is -2.20. The van der Waals surface area contributed by atoms with Crippen molar-refractivity contribution < 1.29 is 27.5 Å². The van der Waals surface area contributed by atoms with Gasteiger partial charge in [0.05, 0.1) is 7.11 Å². The molecule has 0 fully saturated rings. The Morgan fingerprint density at radius 3 is 2.46 bits per heavy atom. The Balaban J connectivity index is 2.75. The van der Waals surface area contributed by atoms with E-state index >= 15 is 0 Å². The van der Waals surface area contributed by atoms with Crippen LogP contribution in [-0.4, -0.2) is 31.0 Å². The van der Waals surface area contributed by atoms with Crippen LogP contribution < -0.4 is 15.4 Å². The summed E-state index contributed by atoms with van der Waals surface area (Å²) in [6.45, 7) is 3.45. The fraction of sp³-hybridized carbons (Fsp3) is 0.375. The molecule has 132 valence electrons. The van der Waals surface area contributed by atoms with E-state index in [1.54, 1.807) is 38.1 Å². The van der Waals surface area contributed by atoms with E-state index < -0.39 is 23.9 Å². The summed E-state index contributed by atoms with van der Waals surface area (Å²) < 4.78 is 41.4. The zero-order chi connectivity index (χ0) is 18.3. The number of ketones is 1. The van der Waals surface area contributed by atoms with Crippen LogP contribution in [0.15, 0.2) is 36.5 Å². The van der Waals surface area contributed by atoms with Crippen molar-refractivity contribution in [2.24, 2.45) is 5.92 Å². The Morgan fingerprint density at radius 2 is 1.92 bits per heavy atom. The van der Waals surface area contributed by atoms with E-state index in [9.17, 15) is 22.8 Å². The highest BCUT2D eigenvalue weighted by Crippen LogP contribution is 2.18. The second-order valence-electron chi connectivity index (χ2n) is 5.30. The molecule has 0 heterocycles. The number of alkyl halides is 3. The van der Waals surface area contributed by atoms with Gasteiger partial charge in [-0.3, -0.25) is 9.59 Å². The zero-order valence-electron chi connectivity index (χ0n) is 13.5. The highest BCUT2D eigenvalue weighted by atomic mass is 19.4. The average molecular weight is 344 g/mol. The Bertz CT molecular complexity index is 613. The zero-order valence-corrected chi connectivity index (χ0v) is 13.5. The lowest BCUT2D eigenvalue weighted by molar-refractivity contribution is -0.165. The summed E-state index contributed by atoms with van der Waals surface area (Å²) in [6, 6.07) is 5.85. The number of carbonyl (C=O) groups excluding carboxylic acids is 2. The van der Waals surface area contributed by atoms with E-state index in [4.69, 9.17) is 4.74 Å². The van der Waals surface area contributed by atoms with Crippen molar-refractivity contribution in [2.45, 2.75) is 26.1 Å². The van der Waals surface area contributed by atoms with Crippen LogP contribution in [0.5, 0.6) is 5.75 Å². The molecule has 0 spiro atoms. The maximum atomic E-state index is 12.3. The first-order valence-corrected chi connectivity index (χ1v) is 7.14. The van der Waals surface area contributed by atoms with Crippen LogP contribution in [0, 0.1) is 5.92 Å². The number of methoxy groups -OCH3 is 1. The molecule has 0 saturated carbocycles. The second-order valence-corrected chi connectivity index (χ2v) is 5.30. The van der Waals surface area contributed by atoms with Crippen molar-refractivity contribution in [3.63, 3.8) is 0 Å². The Morgan fingerprint density at radius 1 is 1.25 bits per heavy atom. The number of carbonyl (C=O) groups is 2. The SMILES string of the molecule is COc1cccc(NC(=O)C(N/C=C/C(=O)C(F)(F)F)C(C)C)c1. The highest BCUT2D eigenvalue weighted by molar-refractivity contribution is 5.96. The molecule has 0 aliphatic heterocycles. The summed E-state index contributed by atoms with van der Waals surface area (Å²) >= 11 is 0. The van der Waals surface area contributed by atoms with Crippen LogP contribution >= 0.6 is 0 Å². The standard InChI is InChI=1S/C16H19F3N2O3/c1-10(2)14(20-8-7-13(22)16(17,18)19)15(23)21-11-5-4-6-12(9-11)24-3/h4-10,14,20H,1-3H3,(H,21,23)/b8-7+. The number of amides is 1. The normalized spacial score (nSPS) is 13.0. The molecule has 5 nitrogen and oxygen atoms in total. The van der Waals surface area contributed by atoms with Gasteiger partial charge in [0.15, 0.2) is 0 Å². The minimum absolute atomic E-state index is 0.221. The molecule has 2 N–H and O–H groups in total. The number of rotatable bonds is 7. The second kappa shape index (κ2) is 8.37. The van der Waals surface area contributed by atoms with Gasteiger partial charge in [0.1, 0.15) is 11.8 Å². The number of nitrogens with one attached hydrogen (secondary N) is 2. The first-order valence-electron chi connectivity index (χ1n) is 7.14. The van der Waals surface area contributed by atoms with E-state index in [1.165, 1.54) is 7.11 Å². The van der Waals surface area contributed by atoms with E-state index in [2.05, 4.69) is 10.6 Å². The van der Waals surface area contributed by atoms with Gasteiger partial charge >= 0.3 is 6.18 Å². The van der Waals surface area contributed by atoms with Crippen molar-refractivity contribution in [3.05, 3.63) is 36.5 Å². The molecule has 1 atom stereocenters. The fourth-order valence-corrected chi connectivity index (χ4v) is 1.81. The third kappa shape index (κ3) is 5.94. The number of allylic oxidation sites excluding steroid dienone is 1. The van der Waals surface area contributed by atoms with Crippen molar-refractivity contribution >= 4 is 17.4 Å². The molecule has 1 rings (SSSR count). The maximum absolute atomic E-state index is 12.3. The van der Waals surface area contributed by atoms with Gasteiger partial charge in [-0.1, -0.05) is 19.9 Å². The summed E-state index contributed by atoms with van der Waals surface area (Å²) in [4.78, 5) is 23.1. The lowest BCUT2D eigenvalue weighted by Crippen LogP contribution is -2.42. The number of hydrogen-bond donors (Lipinski definition) is 2. The van der Waals surface area contributed by atoms with Gasteiger partial charge in [0, 0.05) is 24.0 Å². The van der Waals surface area contributed by atoms with Crippen LogP contribution in [0.2, 0.25) is 0 Å². The van der Waals surface area contributed by atoms with Crippen LogP contribution in [0.1, 0.15) is 13.8 Å². The van der Waals surface area contributed by atoms with Gasteiger partial charge in [0.25, 0.3) is 5.78 Å². The predicted octanol–water partition coefficient (Wildman–Crippen LogP) is 2.89. The number of hydrogen-bond acceptors (Lipinski definition) is 4. The monoisotopic (exact) mass is 344 g/mol. The number of anilines is 1. The van der Waals surface area contributed by atoms with Crippen LogP contribution in [0.4, 0.5) is 18.9 Å². The summed E-state index contributed by atoms with van der Waals surface area (Å²) in [6.07, 6.45) is -3.74. The number of benzene rings is 1. The minimum Gasteiger partial charge on any atom is -0.497 e. The molecular formula is C16H19F3N2O3. The van der Waals surface area contributed by atoms with Crippen molar-refractivity contribution in [2.75, 3.05) is 12.4 Å². The molecule has 0 aliphatic rings. The Kier molecular flexibility index (Phi) is 6.82. The van der Waals surface area contributed by atoms with Gasteiger partial charge in [-0.2, -0.15) is 13.2 Å². The molecule has 8 heteroatoms. The maximum Gasteiger partial charge on any atom is 0.454 e. The summed E-state index contributed by atoms with van der Waals surface area (Å²) in [5.74, 6) is -2.10. The third-order valence-corrected chi connectivity index (χ3v) is 3.08. The molecule has 0 bridgehead atoms. The van der Waals surface area contributed by atoms with Crippen molar-refractivity contribution in [1.82, 2.24) is 5.32 Å². The summed E-state index contributed by atoms with van der Waals surface area (Å²) in [5.41, 5.74) is 0.488. The summed E-state index contributed by atoms with van der Waals surface area (Å²) in [7, 11) is 1.49. The predicted molar refractivity (Wildman–Crippen MR) is 83.6 cm³/mol. The van der Waals surface area contributed by atoms with Crippen LogP contribution in [-0.2, 0) is 9.59 Å². The first kappa shape index (κ1) is 19.5. The fourth-order valence-electron chi connectivity index (χ4n) is 1.81. The molecule has 0 radical (unpaired) electrons. The summed E-state index contributed by atoms with van der Waals surface area (Å²) in [5, 5.41) is 5.17. The van der Waals surface area contributed by atoms with Crippen LogP contribution in [0.3, 0.4) is 0 Å². The van der Waals surface area contributed by atoms with Crippen molar-refractivity contribution in [3.8, 4) is 5.75 Å². The quantitative estimate of drug-likeness (QED) is 0.747. The highest BCUT2D eigenvalue weighted by Gasteiger charge is 2.36. The molecule has 0 saturated heterocycles. The largest absolute Gasteiger partial charge is 0.497 e. The smallest absolute Gasteiger partial charge is 0.454 e. The Labute approximate surface area is 137 Å². The molecule has 1 aromatic carbocycles. The van der Waals surface area contributed by atoms with E-state index in [1.807, 2.05) is 0 Å². The first-order chi connectivity index (χ1) is 11.1. The third-order valence-electron chi connectivity index (χ3n) is 3.08. The van der Waals surface area contributed by atoms with Gasteiger partial charge < -0.3 is 15.4 Å². The Hall–Kier alpha value is -2.51. The van der Waals surface area contributed by atoms with E-state index in [-0.39, 0.29) is 5.92 Å². The van der Waals surface area contributed by atoms with Crippen LogP contribution in [0.25, 0.3) is 0 Å². The number of halogens is 3. The number of ether oxygens (including phenoxy) is 1. The molecule has 1 amide bonds. The van der Waals surface area contributed by atoms with E-state index in [0.717, 1.165) is 6.20 Å². The van der Waals surface area contributed by atoms with Gasteiger partial charge in [-0.25, -0.2) is 0 Å². The van der Waals surface area contributed by atoms with Gasteiger partial charge in [0.2, 0.25) is 5.91 Å². The molecule has 0 aromatic heterocycles. The molecule has 0 aliphatic carbocycles. The topological polar surface area (TPSA) is 67.4 Å². The van der Waals surface area contributed by atoms with Gasteiger partial charge in [-0.15, -0.1) is 0 Å². The lowest BCUT2D eigenvalue weighted by atomic mass is 10.0. The molecule has 1 unspecified atom stereocenters. The minimum atomic E-state index is -4.94. The van der Waals surface area contributed by atoms with Crippen molar-refractivity contribution in [1.29, 1.82) is 0 Å². The average Bonchev–Trinajstić information content (AvgIpc) is 2.49. The molecular weight excluding hydrogens is 325 g/mol. The van der Waals surface area contributed by atoms with E-state index in [0.29, 0.717) is 17.5 Å².